The van der Waals surface area contributed by atoms with E-state index in [-0.39, 0.29) is 23.3 Å². The Kier molecular flexibility index (Phi) is 8.59. The number of H-pyrrole nitrogens is 1. The van der Waals surface area contributed by atoms with Gasteiger partial charge in [0.2, 0.25) is 0 Å². The molecule has 1 aromatic heterocycles. The first-order valence-corrected chi connectivity index (χ1v) is 11.6. The Morgan fingerprint density at radius 2 is 1.91 bits per heavy atom. The topological polar surface area (TPSA) is 60.5 Å². The van der Waals surface area contributed by atoms with Crippen molar-refractivity contribution in [3.63, 3.8) is 0 Å². The standard InChI is InChI=1S/C24H24BrF4NO4/c1-3-4-7-32-8-9-33-20-11-15(26)5-6-17(20)21(25)23(31)19-13-30-22-14(2)10-16(12-18(19)22)34-24(27,28)29/h5-6,10-13,21,30H,3-4,7-9H2,1-2H3. The third-order valence-electron chi connectivity index (χ3n) is 5.07. The first-order valence-electron chi connectivity index (χ1n) is 10.7. The van der Waals surface area contributed by atoms with Gasteiger partial charge in [-0.15, -0.1) is 13.2 Å². The molecule has 0 amide bonds. The maximum absolute atomic E-state index is 13.9. The number of carbonyl (C=O) groups is 1. The van der Waals surface area contributed by atoms with Crippen LogP contribution in [-0.2, 0) is 4.74 Å². The van der Waals surface area contributed by atoms with Crippen molar-refractivity contribution < 1.29 is 36.6 Å². The fourth-order valence-corrected chi connectivity index (χ4v) is 4.08. The molecule has 0 aliphatic heterocycles. The van der Waals surface area contributed by atoms with Crippen molar-refractivity contribution in [2.75, 3.05) is 19.8 Å². The number of unbranched alkanes of at least 4 members (excludes halogenated alkanes) is 1. The van der Waals surface area contributed by atoms with E-state index in [1.54, 1.807) is 6.92 Å². The summed E-state index contributed by atoms with van der Waals surface area (Å²) in [6.45, 7) is 4.72. The van der Waals surface area contributed by atoms with E-state index in [9.17, 15) is 22.4 Å². The van der Waals surface area contributed by atoms with Gasteiger partial charge in [-0.3, -0.25) is 4.79 Å². The summed E-state index contributed by atoms with van der Waals surface area (Å²) in [5, 5.41) is 0.280. The molecule has 1 unspecified atom stereocenters. The second-order valence-electron chi connectivity index (χ2n) is 7.64. The number of hydrogen-bond acceptors (Lipinski definition) is 4. The Bertz CT molecular complexity index is 1150. The van der Waals surface area contributed by atoms with Gasteiger partial charge in [-0.1, -0.05) is 35.3 Å². The highest BCUT2D eigenvalue weighted by Crippen LogP contribution is 2.37. The van der Waals surface area contributed by atoms with Gasteiger partial charge in [0.05, 0.1) is 6.61 Å². The number of nitrogens with one attached hydrogen (secondary N) is 1. The van der Waals surface area contributed by atoms with Crippen LogP contribution >= 0.6 is 15.9 Å². The van der Waals surface area contributed by atoms with Crippen molar-refractivity contribution in [3.05, 3.63) is 59.0 Å². The maximum Gasteiger partial charge on any atom is 0.573 e. The predicted molar refractivity (Wildman–Crippen MR) is 123 cm³/mol. The Hall–Kier alpha value is -2.59. The molecule has 3 rings (SSSR count). The molecular weight excluding hydrogens is 522 g/mol. The Balaban J connectivity index is 1.85. The monoisotopic (exact) mass is 545 g/mol. The van der Waals surface area contributed by atoms with E-state index in [4.69, 9.17) is 9.47 Å². The molecule has 1 N–H and O–H groups in total. The molecule has 0 fully saturated rings. The van der Waals surface area contributed by atoms with Crippen LogP contribution in [0.25, 0.3) is 10.9 Å². The van der Waals surface area contributed by atoms with Gasteiger partial charge in [-0.2, -0.15) is 0 Å². The largest absolute Gasteiger partial charge is 0.573 e. The van der Waals surface area contributed by atoms with Gasteiger partial charge in [-0.25, -0.2) is 4.39 Å². The zero-order valence-electron chi connectivity index (χ0n) is 18.6. The SMILES string of the molecule is CCCCOCCOc1cc(F)ccc1C(Br)C(=O)c1c[nH]c2c(C)cc(OC(F)(F)F)cc12. The number of fused-ring (bicyclic) bond motifs is 1. The highest BCUT2D eigenvalue weighted by molar-refractivity contribution is 9.09. The summed E-state index contributed by atoms with van der Waals surface area (Å²) in [5.74, 6) is -1.22. The minimum atomic E-state index is -4.86. The van der Waals surface area contributed by atoms with Crippen LogP contribution in [0.2, 0.25) is 0 Å². The Morgan fingerprint density at radius 1 is 1.15 bits per heavy atom. The number of hydrogen-bond donors (Lipinski definition) is 1. The van der Waals surface area contributed by atoms with Crippen LogP contribution in [0.4, 0.5) is 17.6 Å². The molecule has 0 saturated carbocycles. The molecule has 0 bridgehead atoms. The lowest BCUT2D eigenvalue weighted by Crippen LogP contribution is -2.17. The molecule has 184 valence electrons. The molecular formula is C24H24BrF4NO4. The van der Waals surface area contributed by atoms with Gasteiger partial charge in [0.1, 0.15) is 28.8 Å². The summed E-state index contributed by atoms with van der Waals surface area (Å²) in [5.41, 5.74) is 1.53. The third-order valence-corrected chi connectivity index (χ3v) is 5.97. The fraction of sp³-hybridized carbons (Fsp3) is 0.375. The summed E-state index contributed by atoms with van der Waals surface area (Å²) >= 11 is 3.35. The lowest BCUT2D eigenvalue weighted by atomic mass is 10.0. The zero-order chi connectivity index (χ0) is 24.9. The van der Waals surface area contributed by atoms with Crippen molar-refractivity contribution >= 4 is 32.6 Å². The highest BCUT2D eigenvalue weighted by atomic mass is 79.9. The number of carbonyl (C=O) groups excluding carboxylic acids is 1. The molecule has 10 heteroatoms. The van der Waals surface area contributed by atoms with Crippen molar-refractivity contribution in [1.82, 2.24) is 4.98 Å². The number of aryl methyl sites for hydroxylation is 1. The molecule has 0 radical (unpaired) electrons. The fourth-order valence-electron chi connectivity index (χ4n) is 3.46. The first-order chi connectivity index (χ1) is 16.1. The Labute approximate surface area is 202 Å². The van der Waals surface area contributed by atoms with Crippen molar-refractivity contribution in [2.24, 2.45) is 0 Å². The summed E-state index contributed by atoms with van der Waals surface area (Å²) < 4.78 is 67.2. The maximum atomic E-state index is 13.9. The van der Waals surface area contributed by atoms with Crippen LogP contribution in [0.5, 0.6) is 11.5 Å². The Morgan fingerprint density at radius 3 is 2.62 bits per heavy atom. The van der Waals surface area contributed by atoms with Crippen LogP contribution in [0.15, 0.2) is 36.5 Å². The van der Waals surface area contributed by atoms with E-state index in [1.165, 1.54) is 30.5 Å². The molecule has 3 aromatic rings. The van der Waals surface area contributed by atoms with Gasteiger partial charge in [-0.05, 0) is 37.1 Å². The number of alkyl halides is 4. The van der Waals surface area contributed by atoms with Crippen LogP contribution < -0.4 is 9.47 Å². The van der Waals surface area contributed by atoms with Crippen molar-refractivity contribution in [1.29, 1.82) is 0 Å². The number of aromatic nitrogens is 1. The van der Waals surface area contributed by atoms with Gasteiger partial charge in [0.15, 0.2) is 5.78 Å². The molecule has 0 aliphatic rings. The smallest absolute Gasteiger partial charge is 0.491 e. The minimum Gasteiger partial charge on any atom is -0.491 e. The average Bonchev–Trinajstić information content (AvgIpc) is 3.18. The molecule has 2 aromatic carbocycles. The van der Waals surface area contributed by atoms with Gasteiger partial charge in [0.25, 0.3) is 0 Å². The molecule has 34 heavy (non-hydrogen) atoms. The number of aromatic amines is 1. The molecule has 1 atom stereocenters. The molecule has 5 nitrogen and oxygen atoms in total. The molecule has 0 spiro atoms. The van der Waals surface area contributed by atoms with Gasteiger partial charge < -0.3 is 19.2 Å². The minimum absolute atomic E-state index is 0.158. The van der Waals surface area contributed by atoms with E-state index in [2.05, 4.69) is 25.7 Å². The number of rotatable bonds is 11. The lowest BCUT2D eigenvalue weighted by molar-refractivity contribution is -0.274. The summed E-state index contributed by atoms with van der Waals surface area (Å²) in [6.07, 6.45) is -1.51. The van der Waals surface area contributed by atoms with Crippen molar-refractivity contribution in [3.8, 4) is 11.5 Å². The first kappa shape index (κ1) is 26.0. The van der Waals surface area contributed by atoms with E-state index in [0.717, 1.165) is 18.9 Å². The summed E-state index contributed by atoms with van der Waals surface area (Å²) in [4.78, 5) is 15.3. The van der Waals surface area contributed by atoms with E-state index in [1.807, 2.05) is 6.92 Å². The van der Waals surface area contributed by atoms with E-state index < -0.39 is 28.5 Å². The average molecular weight is 546 g/mol. The lowest BCUT2D eigenvalue weighted by Gasteiger charge is -2.16. The van der Waals surface area contributed by atoms with Gasteiger partial charge in [0, 0.05) is 40.9 Å². The molecule has 0 aliphatic carbocycles. The van der Waals surface area contributed by atoms with Crippen LogP contribution in [-0.4, -0.2) is 37.0 Å². The van der Waals surface area contributed by atoms with E-state index >= 15 is 0 Å². The highest BCUT2D eigenvalue weighted by Gasteiger charge is 2.32. The summed E-state index contributed by atoms with van der Waals surface area (Å²) in [7, 11) is 0. The zero-order valence-corrected chi connectivity index (χ0v) is 20.2. The number of benzene rings is 2. The number of ketones is 1. The number of ether oxygens (including phenoxy) is 3. The molecule has 0 saturated heterocycles. The molecule has 1 heterocycles. The normalized spacial score (nSPS) is 12.7. The van der Waals surface area contributed by atoms with E-state index in [0.29, 0.717) is 29.9 Å². The summed E-state index contributed by atoms with van der Waals surface area (Å²) in [6, 6.07) is 6.21. The quantitative estimate of drug-likeness (QED) is 0.122. The second kappa shape index (κ2) is 11.2. The number of Topliss-reactive ketones (excluding diaryl/α,β-unsaturated/α-hetero) is 1. The third kappa shape index (κ3) is 6.50. The van der Waals surface area contributed by atoms with Crippen LogP contribution in [0, 0.1) is 12.7 Å². The van der Waals surface area contributed by atoms with Crippen LogP contribution in [0.3, 0.4) is 0 Å². The van der Waals surface area contributed by atoms with Gasteiger partial charge >= 0.3 is 6.36 Å². The second-order valence-corrected chi connectivity index (χ2v) is 8.55. The number of halogens is 5. The van der Waals surface area contributed by atoms with Crippen molar-refractivity contribution in [2.45, 2.75) is 37.9 Å². The predicted octanol–water partition coefficient (Wildman–Crippen LogP) is 7.03. The van der Waals surface area contributed by atoms with Crippen LogP contribution in [0.1, 0.15) is 46.1 Å².